The fraction of sp³-hybridized carbons (Fsp3) is 0.101. The second-order valence-corrected chi connectivity index (χ2v) is 27.1. The van der Waals surface area contributed by atoms with E-state index in [1.165, 1.54) is 44.5 Å². The molecule has 0 atom stereocenters. The van der Waals surface area contributed by atoms with Crippen LogP contribution in [0, 0.1) is 0 Å². The Kier molecular flexibility index (Phi) is 12.9. The lowest BCUT2D eigenvalue weighted by Gasteiger charge is -2.36. The third-order valence-electron chi connectivity index (χ3n) is 19.6. The molecule has 0 N–H and O–H groups in total. The van der Waals surface area contributed by atoms with Gasteiger partial charge < -0.3 is 18.6 Å². The van der Waals surface area contributed by atoms with Crippen LogP contribution in [-0.4, -0.2) is 0 Å². The summed E-state index contributed by atoms with van der Waals surface area (Å²) >= 11 is 0. The Labute approximate surface area is 542 Å². The van der Waals surface area contributed by atoms with Crippen molar-refractivity contribution < 1.29 is 8.83 Å². The van der Waals surface area contributed by atoms with E-state index in [9.17, 15) is 0 Å². The lowest BCUT2D eigenvalue weighted by molar-refractivity contribution is 0.590. The van der Waals surface area contributed by atoms with E-state index >= 15 is 0 Å². The summed E-state index contributed by atoms with van der Waals surface area (Å²) in [6.45, 7) is 13.7. The zero-order valence-corrected chi connectivity index (χ0v) is 53.1. The van der Waals surface area contributed by atoms with Gasteiger partial charge in [0, 0.05) is 54.8 Å². The Morgan fingerprint density at radius 1 is 0.269 bits per heavy atom. The number of furan rings is 2. The molecule has 2 heterocycles. The molecule has 93 heavy (non-hydrogen) atoms. The monoisotopic (exact) mass is 1200 g/mol. The van der Waals surface area contributed by atoms with Crippen LogP contribution in [0.3, 0.4) is 0 Å². The Morgan fingerprint density at radius 2 is 0.581 bits per heavy atom. The number of fused-ring (bicyclic) bond motifs is 13. The van der Waals surface area contributed by atoms with Gasteiger partial charge in [-0.25, -0.2) is 0 Å². The number of hydrogen-bond donors (Lipinski definition) is 0. The SMILES string of the molecule is CC(C)(C)c1ccc(N(c2cc3c(c4ccccc24)-c2c(cc(N(c4ccc(C(C)(C)C)cc4)c4cccc5c4oc4c(-c6ccccc6)cccc45)c4ccccc24)C3(c2ccccc2)c2ccccc2)c2cccc3c2oc2c(-c4ccccc4)cccc23)cc1. The van der Waals surface area contributed by atoms with Crippen molar-refractivity contribution in [1.82, 2.24) is 0 Å². The van der Waals surface area contributed by atoms with E-state index in [1.54, 1.807) is 0 Å². The molecule has 4 nitrogen and oxygen atoms in total. The first-order valence-corrected chi connectivity index (χ1v) is 32.5. The first-order chi connectivity index (χ1) is 45.4. The van der Waals surface area contributed by atoms with E-state index < -0.39 is 5.41 Å². The minimum Gasteiger partial charge on any atom is -0.453 e. The normalized spacial score (nSPS) is 12.9. The molecule has 0 aliphatic heterocycles. The first kappa shape index (κ1) is 55.8. The maximum Gasteiger partial charge on any atom is 0.159 e. The Bertz CT molecular complexity index is 5210. The fourth-order valence-electron chi connectivity index (χ4n) is 15.2. The third kappa shape index (κ3) is 8.80. The molecule has 1 aliphatic carbocycles. The minimum absolute atomic E-state index is 0.0650. The van der Waals surface area contributed by atoms with E-state index in [2.05, 4.69) is 355 Å². The highest BCUT2D eigenvalue weighted by molar-refractivity contribution is 6.21. The standard InChI is InChI=1S/C89H68N2O2/c1-87(2,3)59-47-51-63(52-48-59)90(77-45-25-43-73-71-41-23-39-65(83(71)92-85(73)77)57-27-11-7-12-28-57)79-55-75-81(69-37-21-19-35-67(69)79)82-70-38-22-20-36-68(70)80(56-76(82)89(75,61-31-15-9-16-32-61)62-33-17-10-18-34-62)91(64-53-49-60(50-54-64)88(4,5)6)78-46-26-44-74-72-42-24-40-66(84(72)93-86(74)78)58-29-13-8-14-30-58/h7-56H,1-6H3. The van der Waals surface area contributed by atoms with Gasteiger partial charge in [0.05, 0.1) is 28.2 Å². The van der Waals surface area contributed by atoms with Crippen molar-refractivity contribution in [2.24, 2.45) is 0 Å². The number of benzene rings is 14. The maximum absolute atomic E-state index is 7.40. The summed E-state index contributed by atoms with van der Waals surface area (Å²) in [6.07, 6.45) is 0. The van der Waals surface area contributed by atoms with Crippen molar-refractivity contribution in [2.45, 2.75) is 57.8 Å². The Morgan fingerprint density at radius 3 is 0.946 bits per heavy atom. The first-order valence-electron chi connectivity index (χ1n) is 32.5. The maximum atomic E-state index is 7.40. The van der Waals surface area contributed by atoms with Crippen LogP contribution in [0.4, 0.5) is 34.1 Å². The molecule has 16 aromatic rings. The molecule has 17 rings (SSSR count). The summed E-state index contributed by atoms with van der Waals surface area (Å²) in [5, 5.41) is 8.84. The average Bonchev–Trinajstić information content (AvgIpc) is 1.53. The quantitative estimate of drug-likeness (QED) is 0.137. The molecule has 0 radical (unpaired) electrons. The molecular formula is C89H68N2O2. The smallest absolute Gasteiger partial charge is 0.159 e. The van der Waals surface area contributed by atoms with Gasteiger partial charge in [-0.2, -0.15) is 0 Å². The van der Waals surface area contributed by atoms with E-state index in [0.29, 0.717) is 0 Å². The highest BCUT2D eigenvalue weighted by atomic mass is 16.3. The van der Waals surface area contributed by atoms with Crippen molar-refractivity contribution in [3.8, 4) is 33.4 Å². The molecule has 4 heteroatoms. The highest BCUT2D eigenvalue weighted by Crippen LogP contribution is 2.63. The largest absolute Gasteiger partial charge is 0.453 e. The Balaban J connectivity index is 0.989. The average molecular weight is 1200 g/mol. The van der Waals surface area contributed by atoms with E-state index in [-0.39, 0.29) is 10.8 Å². The van der Waals surface area contributed by atoms with Crippen LogP contribution < -0.4 is 9.80 Å². The summed E-state index contributed by atoms with van der Waals surface area (Å²) in [5.74, 6) is 0. The topological polar surface area (TPSA) is 32.8 Å². The van der Waals surface area contributed by atoms with Gasteiger partial charge in [0.1, 0.15) is 11.2 Å². The van der Waals surface area contributed by atoms with Crippen LogP contribution in [0.5, 0.6) is 0 Å². The van der Waals surface area contributed by atoms with Gasteiger partial charge in [0.25, 0.3) is 0 Å². The lowest BCUT2D eigenvalue weighted by Crippen LogP contribution is -2.29. The second-order valence-electron chi connectivity index (χ2n) is 27.1. The highest BCUT2D eigenvalue weighted by Gasteiger charge is 2.49. The summed E-state index contributed by atoms with van der Waals surface area (Å²) < 4.78 is 14.8. The number of hydrogen-bond acceptors (Lipinski definition) is 4. The molecule has 0 unspecified atom stereocenters. The molecule has 0 saturated heterocycles. The third-order valence-corrected chi connectivity index (χ3v) is 19.6. The number of anilines is 6. The van der Waals surface area contributed by atoms with Crippen molar-refractivity contribution in [1.29, 1.82) is 0 Å². The minimum atomic E-state index is -0.875. The summed E-state index contributed by atoms with van der Waals surface area (Å²) in [4.78, 5) is 4.96. The van der Waals surface area contributed by atoms with Gasteiger partial charge in [0.15, 0.2) is 11.2 Å². The Hall–Kier alpha value is -11.2. The summed E-state index contributed by atoms with van der Waals surface area (Å²) in [5.41, 5.74) is 22.5. The molecule has 0 bridgehead atoms. The van der Waals surface area contributed by atoms with Crippen molar-refractivity contribution in [3.05, 3.63) is 337 Å². The lowest BCUT2D eigenvalue weighted by atomic mass is 9.67. The molecule has 1 aliphatic rings. The molecule has 14 aromatic carbocycles. The van der Waals surface area contributed by atoms with Crippen LogP contribution in [0.25, 0.3) is 98.8 Å². The molecule has 0 spiro atoms. The van der Waals surface area contributed by atoms with Crippen LogP contribution in [0.2, 0.25) is 0 Å². The number of rotatable bonds is 10. The molecule has 0 amide bonds. The predicted octanol–water partition coefficient (Wildman–Crippen LogP) is 25.0. The van der Waals surface area contributed by atoms with Gasteiger partial charge in [-0.05, 0) is 126 Å². The van der Waals surface area contributed by atoms with Crippen LogP contribution in [0.1, 0.15) is 74.9 Å². The van der Waals surface area contributed by atoms with Gasteiger partial charge in [0.2, 0.25) is 0 Å². The number of para-hydroxylation sites is 4. The molecule has 0 saturated carbocycles. The van der Waals surface area contributed by atoms with Crippen molar-refractivity contribution in [2.75, 3.05) is 9.80 Å². The van der Waals surface area contributed by atoms with Crippen molar-refractivity contribution in [3.63, 3.8) is 0 Å². The van der Waals surface area contributed by atoms with Gasteiger partial charge >= 0.3 is 0 Å². The van der Waals surface area contributed by atoms with Crippen molar-refractivity contribution >= 4 is 99.5 Å². The summed E-state index contributed by atoms with van der Waals surface area (Å²) in [6, 6.07) is 112. The van der Waals surface area contributed by atoms with Gasteiger partial charge in [-0.15, -0.1) is 0 Å². The fourth-order valence-corrected chi connectivity index (χ4v) is 15.2. The van der Waals surface area contributed by atoms with E-state index in [0.717, 1.165) is 122 Å². The van der Waals surface area contributed by atoms with Crippen LogP contribution >= 0.6 is 0 Å². The molecule has 2 aromatic heterocycles. The molecule has 446 valence electrons. The second kappa shape index (κ2) is 21.5. The van der Waals surface area contributed by atoms with E-state index in [4.69, 9.17) is 8.83 Å². The van der Waals surface area contributed by atoms with Crippen LogP contribution in [-0.2, 0) is 16.2 Å². The summed E-state index contributed by atoms with van der Waals surface area (Å²) in [7, 11) is 0. The zero-order valence-electron chi connectivity index (χ0n) is 53.1. The van der Waals surface area contributed by atoms with Gasteiger partial charge in [-0.3, -0.25) is 0 Å². The van der Waals surface area contributed by atoms with Crippen LogP contribution in [0.15, 0.2) is 312 Å². The number of nitrogens with zero attached hydrogens (tertiary/aromatic N) is 2. The van der Waals surface area contributed by atoms with Gasteiger partial charge in [-0.1, -0.05) is 296 Å². The molecule has 0 fully saturated rings. The molecular weight excluding hydrogens is 1130 g/mol. The zero-order chi connectivity index (χ0) is 62.7. The predicted molar refractivity (Wildman–Crippen MR) is 391 cm³/mol. The van der Waals surface area contributed by atoms with E-state index in [1.807, 2.05) is 0 Å².